The van der Waals surface area contributed by atoms with Crippen molar-refractivity contribution in [2.45, 2.75) is 13.3 Å². The van der Waals surface area contributed by atoms with E-state index in [1.54, 1.807) is 31.0 Å². The molecule has 4 heteroatoms. The summed E-state index contributed by atoms with van der Waals surface area (Å²) >= 11 is 0. The Hall–Kier alpha value is -2.10. The van der Waals surface area contributed by atoms with Gasteiger partial charge in [0.2, 0.25) is 5.78 Å². The lowest BCUT2D eigenvalue weighted by Crippen LogP contribution is -2.09. The lowest BCUT2D eigenvalue weighted by molar-refractivity contribution is 0.102. The molecule has 0 N–H and O–H groups in total. The van der Waals surface area contributed by atoms with Gasteiger partial charge in [-0.15, -0.1) is 0 Å². The number of rotatable bonds is 4. The molecule has 0 aliphatic carbocycles. The monoisotopic (exact) mass is 244 g/mol. The minimum atomic E-state index is -0.0675. The van der Waals surface area contributed by atoms with Gasteiger partial charge in [-0.1, -0.05) is 19.1 Å². The topological polar surface area (TPSA) is 44.1 Å². The van der Waals surface area contributed by atoms with Crippen molar-refractivity contribution in [2.24, 2.45) is 7.05 Å². The van der Waals surface area contributed by atoms with Crippen LogP contribution in [-0.4, -0.2) is 22.7 Å². The summed E-state index contributed by atoms with van der Waals surface area (Å²) < 4.78 is 6.83. The van der Waals surface area contributed by atoms with Crippen LogP contribution in [0.15, 0.2) is 30.3 Å². The van der Waals surface area contributed by atoms with E-state index in [9.17, 15) is 4.79 Å². The molecule has 0 aliphatic rings. The Labute approximate surface area is 106 Å². The average Bonchev–Trinajstić information content (AvgIpc) is 2.79. The first-order chi connectivity index (χ1) is 8.67. The van der Waals surface area contributed by atoms with Crippen LogP contribution in [-0.2, 0) is 13.5 Å². The minimum Gasteiger partial charge on any atom is -0.496 e. The average molecular weight is 244 g/mol. The Balaban J connectivity index is 2.44. The normalized spacial score (nSPS) is 10.4. The summed E-state index contributed by atoms with van der Waals surface area (Å²) in [6.07, 6.45) is 0.813. The quantitative estimate of drug-likeness (QED) is 0.775. The molecule has 0 bridgehead atoms. The number of aryl methyl sites for hydroxylation is 2. The van der Waals surface area contributed by atoms with Crippen LogP contribution in [0.1, 0.15) is 28.7 Å². The van der Waals surface area contributed by atoms with E-state index in [4.69, 9.17) is 4.74 Å². The molecule has 2 rings (SSSR count). The molecule has 0 saturated carbocycles. The number of para-hydroxylation sites is 1. The zero-order chi connectivity index (χ0) is 13.1. The van der Waals surface area contributed by atoms with E-state index in [2.05, 4.69) is 5.10 Å². The first-order valence-corrected chi connectivity index (χ1v) is 5.88. The summed E-state index contributed by atoms with van der Waals surface area (Å²) in [4.78, 5) is 12.4. The molecule has 0 saturated heterocycles. The summed E-state index contributed by atoms with van der Waals surface area (Å²) in [5.74, 6) is 0.517. The molecule has 0 spiro atoms. The van der Waals surface area contributed by atoms with Gasteiger partial charge in [0, 0.05) is 7.05 Å². The maximum absolute atomic E-state index is 12.4. The third-order valence-corrected chi connectivity index (χ3v) is 2.88. The van der Waals surface area contributed by atoms with Crippen molar-refractivity contribution in [2.75, 3.05) is 7.11 Å². The van der Waals surface area contributed by atoms with Crippen molar-refractivity contribution in [3.05, 3.63) is 47.3 Å². The zero-order valence-corrected chi connectivity index (χ0v) is 10.8. The van der Waals surface area contributed by atoms with E-state index in [-0.39, 0.29) is 5.78 Å². The van der Waals surface area contributed by atoms with E-state index in [0.29, 0.717) is 17.0 Å². The number of hydrogen-bond acceptors (Lipinski definition) is 3. The lowest BCUT2D eigenvalue weighted by atomic mass is 10.1. The third kappa shape index (κ3) is 2.14. The molecule has 1 aromatic heterocycles. The Kier molecular flexibility index (Phi) is 3.46. The second-order valence-corrected chi connectivity index (χ2v) is 4.03. The van der Waals surface area contributed by atoms with Crippen molar-refractivity contribution in [1.29, 1.82) is 0 Å². The van der Waals surface area contributed by atoms with Crippen LogP contribution in [0.2, 0.25) is 0 Å². The second-order valence-electron chi connectivity index (χ2n) is 4.03. The predicted molar refractivity (Wildman–Crippen MR) is 69.0 cm³/mol. The van der Waals surface area contributed by atoms with Gasteiger partial charge in [-0.3, -0.25) is 9.48 Å². The molecule has 18 heavy (non-hydrogen) atoms. The van der Waals surface area contributed by atoms with Crippen LogP contribution in [0.5, 0.6) is 5.75 Å². The maximum Gasteiger partial charge on any atom is 0.214 e. The minimum absolute atomic E-state index is 0.0675. The Morgan fingerprint density at radius 1 is 1.39 bits per heavy atom. The van der Waals surface area contributed by atoms with Gasteiger partial charge in [0.1, 0.15) is 11.4 Å². The molecule has 0 amide bonds. The Morgan fingerprint density at radius 3 is 2.72 bits per heavy atom. The summed E-state index contributed by atoms with van der Waals surface area (Å²) in [6, 6.07) is 9.04. The smallest absolute Gasteiger partial charge is 0.214 e. The van der Waals surface area contributed by atoms with Crippen LogP contribution in [0.25, 0.3) is 0 Å². The Morgan fingerprint density at radius 2 is 2.11 bits per heavy atom. The van der Waals surface area contributed by atoms with E-state index >= 15 is 0 Å². The van der Waals surface area contributed by atoms with Gasteiger partial charge in [0.15, 0.2) is 0 Å². The highest BCUT2D eigenvalue weighted by molar-refractivity contribution is 6.09. The highest BCUT2D eigenvalue weighted by Crippen LogP contribution is 2.21. The second kappa shape index (κ2) is 5.04. The van der Waals surface area contributed by atoms with E-state index in [1.165, 1.54) is 0 Å². The molecule has 0 fully saturated rings. The molecule has 94 valence electrons. The highest BCUT2D eigenvalue weighted by Gasteiger charge is 2.18. The van der Waals surface area contributed by atoms with Crippen LogP contribution in [0.3, 0.4) is 0 Å². The van der Waals surface area contributed by atoms with Crippen LogP contribution < -0.4 is 4.74 Å². The van der Waals surface area contributed by atoms with E-state index < -0.39 is 0 Å². The molecular formula is C14H16N2O2. The van der Waals surface area contributed by atoms with Crippen molar-refractivity contribution in [1.82, 2.24) is 9.78 Å². The van der Waals surface area contributed by atoms with E-state index in [0.717, 1.165) is 12.1 Å². The molecule has 0 atom stereocenters. The molecule has 0 aliphatic heterocycles. The predicted octanol–water partition coefficient (Wildman–Crippen LogP) is 2.22. The van der Waals surface area contributed by atoms with Crippen molar-refractivity contribution in [3.8, 4) is 5.75 Å². The number of ketones is 1. The zero-order valence-electron chi connectivity index (χ0n) is 10.8. The number of ether oxygens (including phenoxy) is 1. The standard InChI is InChI=1S/C14H16N2O2/c1-4-10-9-12(16(2)15-10)14(17)11-7-5-6-8-13(11)18-3/h5-9H,4H2,1-3H3. The number of aromatic nitrogens is 2. The highest BCUT2D eigenvalue weighted by atomic mass is 16.5. The molecule has 1 heterocycles. The molecular weight excluding hydrogens is 228 g/mol. The fourth-order valence-electron chi connectivity index (χ4n) is 1.88. The number of nitrogens with zero attached hydrogens (tertiary/aromatic N) is 2. The number of methoxy groups -OCH3 is 1. The lowest BCUT2D eigenvalue weighted by Gasteiger charge is -2.06. The van der Waals surface area contributed by atoms with Gasteiger partial charge in [-0.25, -0.2) is 0 Å². The van der Waals surface area contributed by atoms with E-state index in [1.807, 2.05) is 25.1 Å². The molecule has 0 unspecified atom stereocenters. The molecule has 0 radical (unpaired) electrons. The number of carbonyl (C=O) groups excluding carboxylic acids is 1. The summed E-state index contributed by atoms with van der Waals surface area (Å²) in [7, 11) is 3.34. The SMILES string of the molecule is CCc1cc(C(=O)c2ccccc2OC)n(C)n1. The van der Waals surface area contributed by atoms with Gasteiger partial charge in [0.25, 0.3) is 0 Å². The van der Waals surface area contributed by atoms with Crippen molar-refractivity contribution < 1.29 is 9.53 Å². The summed E-state index contributed by atoms with van der Waals surface area (Å²) in [5.41, 5.74) is 2.05. The summed E-state index contributed by atoms with van der Waals surface area (Å²) in [6.45, 7) is 2.01. The molecule has 1 aromatic carbocycles. The van der Waals surface area contributed by atoms with Crippen LogP contribution in [0, 0.1) is 0 Å². The van der Waals surface area contributed by atoms with Crippen LogP contribution >= 0.6 is 0 Å². The van der Waals surface area contributed by atoms with Crippen molar-refractivity contribution >= 4 is 5.78 Å². The number of carbonyl (C=O) groups is 1. The van der Waals surface area contributed by atoms with Crippen LogP contribution in [0.4, 0.5) is 0 Å². The first-order valence-electron chi connectivity index (χ1n) is 5.88. The molecule has 2 aromatic rings. The fraction of sp³-hybridized carbons (Fsp3) is 0.286. The Bertz CT molecular complexity index is 573. The van der Waals surface area contributed by atoms with Gasteiger partial charge >= 0.3 is 0 Å². The fourth-order valence-corrected chi connectivity index (χ4v) is 1.88. The number of hydrogen-bond donors (Lipinski definition) is 0. The number of benzene rings is 1. The third-order valence-electron chi connectivity index (χ3n) is 2.88. The largest absolute Gasteiger partial charge is 0.496 e. The van der Waals surface area contributed by atoms with Gasteiger partial charge in [-0.2, -0.15) is 5.10 Å². The van der Waals surface area contributed by atoms with Gasteiger partial charge in [0.05, 0.1) is 18.4 Å². The van der Waals surface area contributed by atoms with Crippen molar-refractivity contribution in [3.63, 3.8) is 0 Å². The van der Waals surface area contributed by atoms with Gasteiger partial charge < -0.3 is 4.74 Å². The summed E-state index contributed by atoms with van der Waals surface area (Å²) in [5, 5.41) is 4.29. The maximum atomic E-state index is 12.4. The first kappa shape index (κ1) is 12.4. The van der Waals surface area contributed by atoms with Gasteiger partial charge in [-0.05, 0) is 24.6 Å². The molecule has 4 nitrogen and oxygen atoms in total.